The molecule has 1 aromatic carbocycles. The van der Waals surface area contributed by atoms with Gasteiger partial charge < -0.3 is 10.3 Å². The van der Waals surface area contributed by atoms with Gasteiger partial charge >= 0.3 is 0 Å². The van der Waals surface area contributed by atoms with Crippen LogP contribution in [-0.2, 0) is 13.0 Å². The molecule has 0 spiro atoms. The Bertz CT molecular complexity index is 1150. The lowest BCUT2D eigenvalue weighted by atomic mass is 10.1. The summed E-state index contributed by atoms with van der Waals surface area (Å²) in [5, 5.41) is 11.8. The second-order valence-corrected chi connectivity index (χ2v) is 7.09. The normalized spacial score (nSPS) is 11.0. The Morgan fingerprint density at radius 3 is 2.55 bits per heavy atom. The van der Waals surface area contributed by atoms with Crippen LogP contribution in [0.3, 0.4) is 0 Å². The third-order valence-electron chi connectivity index (χ3n) is 4.68. The first-order valence-electron chi connectivity index (χ1n) is 9.00. The van der Waals surface area contributed by atoms with E-state index in [1.54, 1.807) is 12.1 Å². The average molecular weight is 415 g/mol. The summed E-state index contributed by atoms with van der Waals surface area (Å²) in [7, 11) is 0. The van der Waals surface area contributed by atoms with Crippen LogP contribution in [0.5, 0.6) is 0 Å². The fourth-order valence-corrected chi connectivity index (χ4v) is 3.65. The van der Waals surface area contributed by atoms with Crippen LogP contribution in [0.1, 0.15) is 52.4 Å². The number of Topliss-reactive ketones (excluding diaryl/α,β-unsaturated/α-hetero) is 1. The molecule has 2 N–H and O–H groups in total. The predicted molar refractivity (Wildman–Crippen MR) is 109 cm³/mol. The summed E-state index contributed by atoms with van der Waals surface area (Å²) in [4.78, 5) is 38.8. The Balaban J connectivity index is 2.25. The number of ketones is 1. The molecule has 0 saturated carbocycles. The number of halogens is 1. The van der Waals surface area contributed by atoms with E-state index in [0.717, 1.165) is 12.1 Å². The number of hydrogen-bond donors (Lipinski definition) is 1. The molecule has 9 heteroatoms. The molecule has 0 unspecified atom stereocenters. The molecule has 0 atom stereocenters. The van der Waals surface area contributed by atoms with Crippen molar-refractivity contribution in [3.8, 4) is 0 Å². The van der Waals surface area contributed by atoms with Gasteiger partial charge in [0.15, 0.2) is 5.78 Å². The van der Waals surface area contributed by atoms with Crippen molar-refractivity contribution in [2.24, 2.45) is 5.73 Å². The molecule has 0 aliphatic carbocycles. The first-order valence-corrected chi connectivity index (χ1v) is 9.38. The maximum Gasteiger partial charge on any atom is 0.270 e. The highest BCUT2D eigenvalue weighted by atomic mass is 35.5. The minimum Gasteiger partial charge on any atom is -0.364 e. The zero-order chi connectivity index (χ0) is 21.3. The number of nitrogens with two attached hydrogens (primary N) is 1. The third-order valence-corrected chi connectivity index (χ3v) is 5.03. The zero-order valence-electron chi connectivity index (χ0n) is 15.9. The zero-order valence-corrected chi connectivity index (χ0v) is 16.7. The number of nitro benzene ring substituents is 1. The summed E-state index contributed by atoms with van der Waals surface area (Å²) in [5.41, 5.74) is 7.76. The van der Waals surface area contributed by atoms with Crippen molar-refractivity contribution in [1.82, 2.24) is 9.55 Å². The van der Waals surface area contributed by atoms with Gasteiger partial charge in [0, 0.05) is 28.8 Å². The first-order chi connectivity index (χ1) is 13.7. The maximum atomic E-state index is 12.4. The molecule has 2 aromatic heterocycles. The van der Waals surface area contributed by atoms with Gasteiger partial charge in [0.05, 0.1) is 16.5 Å². The first kappa shape index (κ1) is 20.5. The number of primary amides is 1. The quantitative estimate of drug-likeness (QED) is 0.357. The Hall–Kier alpha value is -3.26. The van der Waals surface area contributed by atoms with Gasteiger partial charge in [-0.25, -0.2) is 4.98 Å². The molecule has 3 rings (SSSR count). The number of carbonyl (C=O) groups excluding carboxylic acids is 2. The Labute approximate surface area is 171 Å². The van der Waals surface area contributed by atoms with Gasteiger partial charge in [0.2, 0.25) is 0 Å². The van der Waals surface area contributed by atoms with Gasteiger partial charge in [-0.15, -0.1) is 0 Å². The second-order valence-electron chi connectivity index (χ2n) is 6.68. The monoisotopic (exact) mass is 414 g/mol. The molecule has 150 valence electrons. The number of nitrogens with zero attached hydrogens (tertiary/aromatic N) is 3. The highest BCUT2D eigenvalue weighted by molar-refractivity contribution is 6.31. The number of pyridine rings is 1. The Morgan fingerprint density at radius 2 is 2.00 bits per heavy atom. The number of hydrogen-bond acceptors (Lipinski definition) is 5. The van der Waals surface area contributed by atoms with Crippen LogP contribution in [0.4, 0.5) is 5.69 Å². The van der Waals surface area contributed by atoms with Gasteiger partial charge in [0.1, 0.15) is 11.3 Å². The van der Waals surface area contributed by atoms with Crippen molar-refractivity contribution in [3.05, 3.63) is 68.0 Å². The lowest BCUT2D eigenvalue weighted by Crippen LogP contribution is -2.14. The lowest BCUT2D eigenvalue weighted by molar-refractivity contribution is -0.384. The van der Waals surface area contributed by atoms with Crippen molar-refractivity contribution < 1.29 is 14.5 Å². The molecule has 2 heterocycles. The summed E-state index contributed by atoms with van der Waals surface area (Å²) >= 11 is 6.28. The van der Waals surface area contributed by atoms with Crippen LogP contribution >= 0.6 is 11.6 Å². The van der Waals surface area contributed by atoms with Crippen molar-refractivity contribution in [3.63, 3.8) is 0 Å². The predicted octanol–water partition coefficient (Wildman–Crippen LogP) is 3.90. The minimum atomic E-state index is -0.672. The number of fused-ring (bicyclic) bond motifs is 1. The van der Waals surface area contributed by atoms with E-state index in [2.05, 4.69) is 4.98 Å². The second kappa shape index (κ2) is 8.00. The van der Waals surface area contributed by atoms with Gasteiger partial charge in [0.25, 0.3) is 11.6 Å². The molecule has 29 heavy (non-hydrogen) atoms. The van der Waals surface area contributed by atoms with Crippen LogP contribution in [0.2, 0.25) is 5.02 Å². The topological polar surface area (TPSA) is 121 Å². The Kier molecular flexibility index (Phi) is 5.65. The van der Waals surface area contributed by atoms with Crippen LogP contribution in [-0.4, -0.2) is 26.2 Å². The van der Waals surface area contributed by atoms with Gasteiger partial charge in [-0.1, -0.05) is 24.9 Å². The van der Waals surface area contributed by atoms with E-state index >= 15 is 0 Å². The fraction of sp³-hybridized carbons (Fsp3) is 0.250. The molecule has 8 nitrogen and oxygen atoms in total. The van der Waals surface area contributed by atoms with Crippen LogP contribution < -0.4 is 5.73 Å². The number of aromatic nitrogens is 2. The molecule has 0 aliphatic heterocycles. The van der Waals surface area contributed by atoms with Crippen molar-refractivity contribution in [2.45, 2.75) is 33.2 Å². The molecule has 1 amide bonds. The van der Waals surface area contributed by atoms with Crippen LogP contribution in [0, 0.1) is 10.1 Å². The number of non-ortho nitro benzene ring substituents is 1. The summed E-state index contributed by atoms with van der Waals surface area (Å²) in [6.45, 7) is 3.72. The molecule has 0 aliphatic rings. The minimum absolute atomic E-state index is 0.0872. The third kappa shape index (κ3) is 3.84. The van der Waals surface area contributed by atoms with Crippen molar-refractivity contribution >= 4 is 40.0 Å². The average Bonchev–Trinajstić information content (AvgIpc) is 2.96. The largest absolute Gasteiger partial charge is 0.364 e. The van der Waals surface area contributed by atoms with Gasteiger partial charge in [-0.3, -0.25) is 19.7 Å². The molecule has 3 aromatic rings. The van der Waals surface area contributed by atoms with E-state index in [1.807, 2.05) is 11.5 Å². The standard InChI is InChI=1S/C20H19ClN4O4/c1-3-4-17-18(11(2)26)14-7-8-16(19(22)27)23-20(14)24(17)10-12-5-6-13(25(28)29)9-15(12)21/h5-9H,3-4,10H2,1-2H3,(H2,22,27). The lowest BCUT2D eigenvalue weighted by Gasteiger charge is -2.12. The highest BCUT2D eigenvalue weighted by Gasteiger charge is 2.22. The number of carbonyl (C=O) groups is 2. The SMILES string of the molecule is CCCc1c(C(C)=O)c2ccc(C(N)=O)nc2n1Cc1ccc([N+](=O)[O-])cc1Cl. The Morgan fingerprint density at radius 1 is 1.28 bits per heavy atom. The molecular weight excluding hydrogens is 396 g/mol. The summed E-state index contributed by atoms with van der Waals surface area (Å²) in [5.74, 6) is -0.782. The van der Waals surface area contributed by atoms with Crippen molar-refractivity contribution in [1.29, 1.82) is 0 Å². The number of nitro groups is 1. The van der Waals surface area contributed by atoms with E-state index in [1.165, 1.54) is 25.1 Å². The summed E-state index contributed by atoms with van der Waals surface area (Å²) in [6.07, 6.45) is 1.40. The van der Waals surface area contributed by atoms with E-state index < -0.39 is 10.8 Å². The van der Waals surface area contributed by atoms with E-state index in [4.69, 9.17) is 17.3 Å². The molecular formula is C20H19ClN4O4. The van der Waals surface area contributed by atoms with E-state index in [0.29, 0.717) is 28.6 Å². The smallest absolute Gasteiger partial charge is 0.270 e. The van der Waals surface area contributed by atoms with Crippen LogP contribution in [0.15, 0.2) is 30.3 Å². The molecule has 0 saturated heterocycles. The molecule has 0 fully saturated rings. The fourth-order valence-electron chi connectivity index (χ4n) is 3.41. The summed E-state index contributed by atoms with van der Waals surface area (Å²) in [6, 6.07) is 7.41. The number of amides is 1. The van der Waals surface area contributed by atoms with Crippen molar-refractivity contribution in [2.75, 3.05) is 0 Å². The summed E-state index contributed by atoms with van der Waals surface area (Å²) < 4.78 is 1.83. The van der Waals surface area contributed by atoms with E-state index in [9.17, 15) is 19.7 Å². The molecule has 0 radical (unpaired) electrons. The maximum absolute atomic E-state index is 12.4. The number of rotatable bonds is 7. The van der Waals surface area contributed by atoms with Crippen LogP contribution in [0.25, 0.3) is 11.0 Å². The van der Waals surface area contributed by atoms with Gasteiger partial charge in [-0.2, -0.15) is 0 Å². The molecule has 0 bridgehead atoms. The van der Waals surface area contributed by atoms with E-state index in [-0.39, 0.29) is 28.7 Å². The van der Waals surface area contributed by atoms with Gasteiger partial charge in [-0.05, 0) is 37.1 Å². The highest BCUT2D eigenvalue weighted by Crippen LogP contribution is 2.30. The number of benzene rings is 1.